The van der Waals surface area contributed by atoms with Crippen molar-refractivity contribution in [2.24, 2.45) is 0 Å². The first-order valence-corrected chi connectivity index (χ1v) is 7.21. The van der Waals surface area contributed by atoms with E-state index in [1.165, 1.54) is 32.2 Å². The van der Waals surface area contributed by atoms with Crippen molar-refractivity contribution in [2.75, 3.05) is 20.3 Å². The lowest BCUT2D eigenvalue weighted by Gasteiger charge is -2.17. The molecule has 1 rings (SSSR count). The van der Waals surface area contributed by atoms with Gasteiger partial charge in [-0.3, -0.25) is 9.79 Å². The molecule has 2 N–H and O–H groups in total. The van der Waals surface area contributed by atoms with Crippen LogP contribution in [0.15, 0.2) is 12.4 Å². The van der Waals surface area contributed by atoms with Crippen molar-refractivity contribution in [1.82, 2.24) is 9.80 Å². The Hall–Kier alpha value is -0.580. The van der Waals surface area contributed by atoms with Crippen molar-refractivity contribution in [2.45, 2.75) is 32.6 Å². The predicted octanol–water partition coefficient (Wildman–Crippen LogP) is 2.29. The molecule has 102 valence electrons. The number of hydrogen-bond donors (Lipinski definition) is 2. The molecule has 0 spiro atoms. The van der Waals surface area contributed by atoms with E-state index in [9.17, 15) is 4.20 Å². The normalized spacial score (nSPS) is 14.9. The van der Waals surface area contributed by atoms with Gasteiger partial charge in [-0.05, 0) is 6.42 Å². The van der Waals surface area contributed by atoms with Crippen LogP contribution in [-0.4, -0.2) is 39.8 Å². The molecule has 0 aliphatic carbocycles. The Morgan fingerprint density at radius 1 is 1.29 bits per heavy atom. The van der Waals surface area contributed by atoms with E-state index < -0.39 is 7.91 Å². The summed E-state index contributed by atoms with van der Waals surface area (Å²) >= 11 is 0. The Kier molecular flexibility index (Phi) is 8.21. The third-order valence-electron chi connectivity index (χ3n) is 2.24. The quantitative estimate of drug-likeness (QED) is 0.591. The summed E-state index contributed by atoms with van der Waals surface area (Å²) in [7, 11) is -3.03. The predicted molar refractivity (Wildman–Crippen MR) is 65.8 cm³/mol. The largest absolute Gasteiger partial charge is 0.507 e. The molecule has 0 saturated carbocycles. The molecule has 0 amide bonds. The zero-order chi connectivity index (χ0) is 13.3. The fourth-order valence-corrected chi connectivity index (χ4v) is 1.48. The number of nitrogens with zero attached hydrogens (tertiary/aromatic N) is 2. The van der Waals surface area contributed by atoms with Crippen molar-refractivity contribution in [3.8, 4) is 0 Å². The molecule has 0 aromatic rings. The highest BCUT2D eigenvalue weighted by Crippen LogP contribution is 2.34. The van der Waals surface area contributed by atoms with Gasteiger partial charge in [0, 0.05) is 26.0 Å². The Morgan fingerprint density at radius 3 is 2.29 bits per heavy atom. The van der Waals surface area contributed by atoms with E-state index in [1.54, 1.807) is 0 Å². The van der Waals surface area contributed by atoms with Crippen LogP contribution in [0.25, 0.3) is 0 Å². The fraction of sp³-hybridized carbons (Fsp3) is 0.800. The SMILES string of the molecule is CCCCCCN1C=CN(C)C1.O=P(O)(O)F. The Labute approximate surface area is 102 Å². The van der Waals surface area contributed by atoms with Gasteiger partial charge < -0.3 is 9.80 Å². The van der Waals surface area contributed by atoms with Gasteiger partial charge in [0.15, 0.2) is 0 Å². The third kappa shape index (κ3) is 13.4. The third-order valence-corrected chi connectivity index (χ3v) is 2.24. The van der Waals surface area contributed by atoms with Gasteiger partial charge in [0.2, 0.25) is 0 Å². The summed E-state index contributed by atoms with van der Waals surface area (Å²) in [5, 5.41) is 0. The summed E-state index contributed by atoms with van der Waals surface area (Å²) in [4.78, 5) is 18.5. The maximum Gasteiger partial charge on any atom is 0.507 e. The molecule has 5 nitrogen and oxygen atoms in total. The number of rotatable bonds is 5. The van der Waals surface area contributed by atoms with Crippen molar-refractivity contribution in [3.63, 3.8) is 0 Å². The van der Waals surface area contributed by atoms with Crippen molar-refractivity contribution < 1.29 is 18.5 Å². The van der Waals surface area contributed by atoms with Crippen LogP contribution >= 0.6 is 7.91 Å². The van der Waals surface area contributed by atoms with Crippen LogP contribution in [0.5, 0.6) is 0 Å². The van der Waals surface area contributed by atoms with E-state index in [0.717, 1.165) is 6.67 Å². The van der Waals surface area contributed by atoms with Crippen LogP contribution in [0.2, 0.25) is 0 Å². The Morgan fingerprint density at radius 2 is 1.88 bits per heavy atom. The lowest BCUT2D eigenvalue weighted by Crippen LogP contribution is -2.23. The highest BCUT2D eigenvalue weighted by atomic mass is 31.2. The first-order chi connectivity index (χ1) is 7.83. The van der Waals surface area contributed by atoms with Crippen LogP contribution in [-0.2, 0) is 4.57 Å². The molecule has 17 heavy (non-hydrogen) atoms. The van der Waals surface area contributed by atoms with E-state index in [2.05, 4.69) is 36.2 Å². The van der Waals surface area contributed by atoms with Gasteiger partial charge in [-0.1, -0.05) is 26.2 Å². The van der Waals surface area contributed by atoms with Gasteiger partial charge in [0.1, 0.15) is 0 Å². The minimum absolute atomic E-state index is 1.08. The smallest absolute Gasteiger partial charge is 0.362 e. The highest BCUT2D eigenvalue weighted by Gasteiger charge is 2.06. The monoisotopic (exact) mass is 268 g/mol. The molecule has 0 atom stereocenters. The molecule has 7 heteroatoms. The maximum absolute atomic E-state index is 10.4. The second-order valence-electron chi connectivity index (χ2n) is 4.04. The summed E-state index contributed by atoms with van der Waals surface area (Å²) in [6.07, 6.45) is 9.76. The topological polar surface area (TPSA) is 64.0 Å². The molecule has 0 aromatic carbocycles. The van der Waals surface area contributed by atoms with Crippen LogP contribution in [0.4, 0.5) is 4.20 Å². The molecule has 1 heterocycles. The maximum atomic E-state index is 10.4. The summed E-state index contributed by atoms with van der Waals surface area (Å²) in [6.45, 7) is 4.55. The summed E-state index contributed by atoms with van der Waals surface area (Å²) in [6, 6.07) is 0. The number of halogens is 1. The fourth-order valence-electron chi connectivity index (χ4n) is 1.48. The molecular formula is C10H22FN2O3P. The summed E-state index contributed by atoms with van der Waals surface area (Å²) in [5.74, 6) is 0. The minimum Gasteiger partial charge on any atom is -0.362 e. The Bertz CT molecular complexity index is 262. The van der Waals surface area contributed by atoms with E-state index in [4.69, 9.17) is 14.4 Å². The molecule has 1 aliphatic heterocycles. The second-order valence-corrected chi connectivity index (χ2v) is 4.99. The standard InChI is InChI=1S/C10H20N2.FH2O3P/c1-3-4-5-6-7-12-9-8-11(2)10-12;1-5(2,3)4/h8-9H,3-7,10H2,1-2H3;(H2,2,3,4). The van der Waals surface area contributed by atoms with Crippen LogP contribution in [0.1, 0.15) is 32.6 Å². The first kappa shape index (κ1) is 16.4. The summed E-state index contributed by atoms with van der Waals surface area (Å²) < 4.78 is 19.0. The van der Waals surface area contributed by atoms with E-state index in [-0.39, 0.29) is 0 Å². The van der Waals surface area contributed by atoms with Gasteiger partial charge >= 0.3 is 7.91 Å². The molecule has 0 aromatic heterocycles. The van der Waals surface area contributed by atoms with Gasteiger partial charge in [0.25, 0.3) is 0 Å². The second kappa shape index (κ2) is 8.50. The highest BCUT2D eigenvalue weighted by molar-refractivity contribution is 7.45. The molecule has 0 fully saturated rings. The average molecular weight is 268 g/mol. The van der Waals surface area contributed by atoms with Gasteiger partial charge in [0.05, 0.1) is 6.67 Å². The molecule has 0 bridgehead atoms. The molecular weight excluding hydrogens is 246 g/mol. The van der Waals surface area contributed by atoms with Crippen LogP contribution < -0.4 is 0 Å². The zero-order valence-electron chi connectivity index (χ0n) is 10.4. The average Bonchev–Trinajstić information content (AvgIpc) is 2.56. The van der Waals surface area contributed by atoms with E-state index in [1.807, 2.05) is 0 Å². The lowest BCUT2D eigenvalue weighted by atomic mass is 10.2. The number of hydrogen-bond acceptors (Lipinski definition) is 3. The lowest BCUT2D eigenvalue weighted by molar-refractivity contribution is 0.291. The molecule has 1 aliphatic rings. The van der Waals surface area contributed by atoms with Gasteiger partial charge in [-0.15, -0.1) is 4.20 Å². The minimum atomic E-state index is -5.14. The van der Waals surface area contributed by atoms with Crippen molar-refractivity contribution in [1.29, 1.82) is 0 Å². The van der Waals surface area contributed by atoms with Crippen LogP contribution in [0.3, 0.4) is 0 Å². The molecule has 0 unspecified atom stereocenters. The van der Waals surface area contributed by atoms with Gasteiger partial charge in [-0.2, -0.15) is 0 Å². The van der Waals surface area contributed by atoms with Crippen molar-refractivity contribution >= 4 is 7.91 Å². The first-order valence-electron chi connectivity index (χ1n) is 5.70. The zero-order valence-corrected chi connectivity index (χ0v) is 11.3. The summed E-state index contributed by atoms with van der Waals surface area (Å²) in [5.41, 5.74) is 0. The molecule has 0 radical (unpaired) electrons. The molecule has 0 saturated heterocycles. The Balaban J connectivity index is 0.000000437. The van der Waals surface area contributed by atoms with E-state index in [0.29, 0.717) is 0 Å². The van der Waals surface area contributed by atoms with Gasteiger partial charge in [-0.25, -0.2) is 4.57 Å². The van der Waals surface area contributed by atoms with Crippen molar-refractivity contribution in [3.05, 3.63) is 12.4 Å². The van der Waals surface area contributed by atoms with E-state index >= 15 is 0 Å². The van der Waals surface area contributed by atoms with Crippen LogP contribution in [0, 0.1) is 0 Å². The number of unbranched alkanes of at least 4 members (excludes halogenated alkanes) is 3.